The Morgan fingerprint density at radius 2 is 1.86 bits per heavy atom. The number of rotatable bonds is 10. The Labute approximate surface area is 172 Å². The Morgan fingerprint density at radius 3 is 2.52 bits per heavy atom. The van der Waals surface area contributed by atoms with Crippen molar-refractivity contribution < 1.29 is 14.2 Å². The third kappa shape index (κ3) is 6.55. The molecule has 0 saturated heterocycles. The van der Waals surface area contributed by atoms with Crippen molar-refractivity contribution in [2.75, 3.05) is 34.4 Å². The Balaban J connectivity index is 1.41. The summed E-state index contributed by atoms with van der Waals surface area (Å²) in [5.74, 6) is 3.65. The van der Waals surface area contributed by atoms with Gasteiger partial charge in [0.25, 0.3) is 0 Å². The molecular formula is C22H30N4O3. The van der Waals surface area contributed by atoms with E-state index in [0.717, 1.165) is 54.1 Å². The Morgan fingerprint density at radius 1 is 1.07 bits per heavy atom. The fourth-order valence-corrected chi connectivity index (χ4v) is 2.86. The topological polar surface area (TPSA) is 77.0 Å². The largest absolute Gasteiger partial charge is 0.493 e. The second-order valence-electron chi connectivity index (χ2n) is 7.05. The molecule has 3 rings (SSSR count). The van der Waals surface area contributed by atoms with Crippen molar-refractivity contribution in [2.45, 2.75) is 25.8 Å². The Hall–Kier alpha value is -2.96. The van der Waals surface area contributed by atoms with Gasteiger partial charge in [0.2, 0.25) is 5.88 Å². The molecule has 0 unspecified atom stereocenters. The van der Waals surface area contributed by atoms with Crippen LogP contribution in [0.5, 0.6) is 17.4 Å². The van der Waals surface area contributed by atoms with Crippen molar-refractivity contribution in [1.29, 1.82) is 0 Å². The first-order valence-electron chi connectivity index (χ1n) is 9.95. The molecule has 1 aliphatic carbocycles. The van der Waals surface area contributed by atoms with Gasteiger partial charge < -0.3 is 24.8 Å². The average molecular weight is 399 g/mol. The molecule has 7 nitrogen and oxygen atoms in total. The minimum atomic E-state index is 0.645. The summed E-state index contributed by atoms with van der Waals surface area (Å²) >= 11 is 0. The van der Waals surface area contributed by atoms with E-state index in [1.54, 1.807) is 21.3 Å². The maximum Gasteiger partial charge on any atom is 0.213 e. The number of pyridine rings is 1. The lowest BCUT2D eigenvalue weighted by molar-refractivity contribution is 0.288. The number of methoxy groups -OCH3 is 2. The maximum absolute atomic E-state index is 5.67. The molecule has 1 saturated carbocycles. The number of nitrogens with zero attached hydrogens (tertiary/aromatic N) is 2. The molecule has 0 aliphatic heterocycles. The Bertz CT molecular complexity index is 804. The van der Waals surface area contributed by atoms with Crippen LogP contribution in [0.25, 0.3) is 0 Å². The number of nitrogens with one attached hydrogen (secondary N) is 2. The molecule has 1 aliphatic rings. The van der Waals surface area contributed by atoms with E-state index in [1.807, 2.05) is 36.5 Å². The van der Waals surface area contributed by atoms with Crippen LogP contribution in [0.15, 0.2) is 41.5 Å². The van der Waals surface area contributed by atoms with Crippen LogP contribution in [-0.4, -0.2) is 45.4 Å². The van der Waals surface area contributed by atoms with E-state index < -0.39 is 0 Å². The number of benzene rings is 1. The molecule has 0 amide bonds. The predicted octanol–water partition coefficient (Wildman–Crippen LogP) is 2.80. The van der Waals surface area contributed by atoms with Crippen molar-refractivity contribution in [2.24, 2.45) is 10.9 Å². The van der Waals surface area contributed by atoms with Gasteiger partial charge in [-0.3, -0.25) is 4.99 Å². The highest BCUT2D eigenvalue weighted by Crippen LogP contribution is 2.29. The van der Waals surface area contributed by atoms with Gasteiger partial charge >= 0.3 is 0 Å². The van der Waals surface area contributed by atoms with Crippen molar-refractivity contribution in [1.82, 2.24) is 15.6 Å². The highest BCUT2D eigenvalue weighted by molar-refractivity contribution is 5.79. The van der Waals surface area contributed by atoms with Crippen molar-refractivity contribution in [3.05, 3.63) is 47.7 Å². The number of hydrogen-bond acceptors (Lipinski definition) is 5. The molecule has 1 aromatic carbocycles. The van der Waals surface area contributed by atoms with Crippen LogP contribution in [0.1, 0.15) is 24.0 Å². The minimum Gasteiger partial charge on any atom is -0.493 e. The standard InChI is InChI=1S/C22H30N4O3/c1-23-22(24-11-10-16-6-8-19(27-2)20(12-16)28-3)26-14-18-7-9-21(25-13-18)29-15-17-4-5-17/h6-9,12-13,17H,4-5,10-11,14-15H2,1-3H3,(H2,23,24,26). The highest BCUT2D eigenvalue weighted by Gasteiger charge is 2.22. The summed E-state index contributed by atoms with van der Waals surface area (Å²) < 4.78 is 16.3. The van der Waals surface area contributed by atoms with Crippen molar-refractivity contribution in [3.63, 3.8) is 0 Å². The van der Waals surface area contributed by atoms with E-state index in [-0.39, 0.29) is 0 Å². The molecule has 29 heavy (non-hydrogen) atoms. The predicted molar refractivity (Wildman–Crippen MR) is 114 cm³/mol. The molecule has 2 N–H and O–H groups in total. The molecule has 0 atom stereocenters. The number of aliphatic imine (C=N–C) groups is 1. The molecule has 7 heteroatoms. The zero-order valence-electron chi connectivity index (χ0n) is 17.4. The summed E-state index contributed by atoms with van der Waals surface area (Å²) in [5.41, 5.74) is 2.24. The number of ether oxygens (including phenoxy) is 3. The second kappa shape index (κ2) is 10.5. The van der Waals surface area contributed by atoms with Gasteiger partial charge in [-0.25, -0.2) is 4.98 Å². The zero-order valence-corrected chi connectivity index (χ0v) is 17.4. The monoisotopic (exact) mass is 398 g/mol. The van der Waals surface area contributed by atoms with Gasteiger partial charge in [-0.2, -0.15) is 0 Å². The molecule has 156 valence electrons. The maximum atomic E-state index is 5.67. The van der Waals surface area contributed by atoms with Crippen LogP contribution >= 0.6 is 0 Å². The van der Waals surface area contributed by atoms with E-state index in [9.17, 15) is 0 Å². The summed E-state index contributed by atoms with van der Waals surface area (Å²) in [6.07, 6.45) is 5.24. The van der Waals surface area contributed by atoms with Crippen LogP contribution in [0.4, 0.5) is 0 Å². The molecule has 2 aromatic rings. The zero-order chi connectivity index (χ0) is 20.5. The van der Waals surface area contributed by atoms with Gasteiger partial charge in [0.15, 0.2) is 17.5 Å². The van der Waals surface area contributed by atoms with E-state index in [2.05, 4.69) is 20.6 Å². The quantitative estimate of drug-likeness (QED) is 0.473. The van der Waals surface area contributed by atoms with Gasteiger partial charge in [-0.1, -0.05) is 12.1 Å². The third-order valence-corrected chi connectivity index (χ3v) is 4.80. The smallest absolute Gasteiger partial charge is 0.213 e. The van der Waals surface area contributed by atoms with Crippen LogP contribution in [0, 0.1) is 5.92 Å². The van der Waals surface area contributed by atoms with E-state index in [4.69, 9.17) is 14.2 Å². The lowest BCUT2D eigenvalue weighted by Gasteiger charge is -2.13. The van der Waals surface area contributed by atoms with Crippen LogP contribution in [-0.2, 0) is 13.0 Å². The summed E-state index contributed by atoms with van der Waals surface area (Å²) in [6.45, 7) is 2.18. The van der Waals surface area contributed by atoms with Crippen LogP contribution < -0.4 is 24.8 Å². The highest BCUT2D eigenvalue weighted by atomic mass is 16.5. The summed E-state index contributed by atoms with van der Waals surface area (Å²) in [7, 11) is 5.05. The van der Waals surface area contributed by atoms with Crippen molar-refractivity contribution >= 4 is 5.96 Å². The van der Waals surface area contributed by atoms with Gasteiger partial charge in [0.1, 0.15) is 0 Å². The number of guanidine groups is 1. The first-order chi connectivity index (χ1) is 14.2. The molecule has 0 bridgehead atoms. The fourth-order valence-electron chi connectivity index (χ4n) is 2.86. The molecule has 0 radical (unpaired) electrons. The fraction of sp³-hybridized carbons (Fsp3) is 0.455. The summed E-state index contributed by atoms with van der Waals surface area (Å²) in [4.78, 5) is 8.64. The van der Waals surface area contributed by atoms with Gasteiger partial charge in [0.05, 0.1) is 20.8 Å². The molecule has 1 heterocycles. The van der Waals surface area contributed by atoms with E-state index >= 15 is 0 Å². The first-order valence-corrected chi connectivity index (χ1v) is 9.95. The normalized spacial score (nSPS) is 13.7. The number of aromatic nitrogens is 1. The molecule has 1 fully saturated rings. The molecule has 1 aromatic heterocycles. The minimum absolute atomic E-state index is 0.645. The van der Waals surface area contributed by atoms with Crippen molar-refractivity contribution in [3.8, 4) is 17.4 Å². The first kappa shape index (κ1) is 20.8. The lowest BCUT2D eigenvalue weighted by Crippen LogP contribution is -2.37. The third-order valence-electron chi connectivity index (χ3n) is 4.80. The van der Waals surface area contributed by atoms with E-state index in [0.29, 0.717) is 12.4 Å². The average Bonchev–Trinajstić information content (AvgIpc) is 3.59. The van der Waals surface area contributed by atoms with Crippen LogP contribution in [0.3, 0.4) is 0 Å². The second-order valence-corrected chi connectivity index (χ2v) is 7.05. The van der Waals surface area contributed by atoms with Gasteiger partial charge in [-0.05, 0) is 48.4 Å². The van der Waals surface area contributed by atoms with Gasteiger partial charge in [-0.15, -0.1) is 0 Å². The SMILES string of the molecule is CN=C(NCCc1ccc(OC)c(OC)c1)NCc1ccc(OCC2CC2)nc1. The lowest BCUT2D eigenvalue weighted by atomic mass is 10.1. The number of hydrogen-bond donors (Lipinski definition) is 2. The van der Waals surface area contributed by atoms with E-state index in [1.165, 1.54) is 12.8 Å². The summed E-state index contributed by atoms with van der Waals surface area (Å²) in [5, 5.41) is 6.63. The summed E-state index contributed by atoms with van der Waals surface area (Å²) in [6, 6.07) is 9.91. The molecule has 0 spiro atoms. The Kier molecular flexibility index (Phi) is 7.55. The van der Waals surface area contributed by atoms with Crippen LogP contribution in [0.2, 0.25) is 0 Å². The molecular weight excluding hydrogens is 368 g/mol. The van der Waals surface area contributed by atoms with Gasteiger partial charge in [0, 0.05) is 32.4 Å².